The summed E-state index contributed by atoms with van der Waals surface area (Å²) in [6.07, 6.45) is 5.56. The molecular weight excluding hydrogens is 238 g/mol. The van der Waals surface area contributed by atoms with E-state index in [0.717, 1.165) is 18.8 Å². The summed E-state index contributed by atoms with van der Waals surface area (Å²) in [6, 6.07) is 6.81. The van der Waals surface area contributed by atoms with Crippen molar-refractivity contribution in [3.63, 3.8) is 0 Å². The number of aromatic nitrogens is 2. The molecule has 0 fully saturated rings. The molecule has 19 heavy (non-hydrogen) atoms. The first-order chi connectivity index (χ1) is 9.19. The van der Waals surface area contributed by atoms with Crippen molar-refractivity contribution >= 4 is 0 Å². The zero-order valence-corrected chi connectivity index (χ0v) is 11.8. The van der Waals surface area contributed by atoms with Crippen LogP contribution in [0.5, 0.6) is 5.75 Å². The fourth-order valence-electron chi connectivity index (χ4n) is 1.96. The van der Waals surface area contributed by atoms with Gasteiger partial charge in [0.15, 0.2) is 0 Å². The van der Waals surface area contributed by atoms with E-state index in [4.69, 9.17) is 4.74 Å². The van der Waals surface area contributed by atoms with Crippen molar-refractivity contribution in [2.24, 2.45) is 0 Å². The number of imidazole rings is 1. The van der Waals surface area contributed by atoms with Gasteiger partial charge in [0.2, 0.25) is 0 Å². The molecule has 1 aromatic carbocycles. The highest BCUT2D eigenvalue weighted by Gasteiger charge is 2.05. The topological polar surface area (TPSA) is 39.1 Å². The Labute approximate surface area is 114 Å². The van der Waals surface area contributed by atoms with Crippen LogP contribution in [-0.4, -0.2) is 22.7 Å². The van der Waals surface area contributed by atoms with E-state index in [-0.39, 0.29) is 0 Å². The third kappa shape index (κ3) is 3.83. The van der Waals surface area contributed by atoms with Crippen molar-refractivity contribution in [2.45, 2.75) is 33.0 Å². The van der Waals surface area contributed by atoms with Crippen LogP contribution in [-0.2, 0) is 13.1 Å². The van der Waals surface area contributed by atoms with E-state index in [1.54, 1.807) is 13.3 Å². The lowest BCUT2D eigenvalue weighted by atomic mass is 10.1. The quantitative estimate of drug-likeness (QED) is 0.866. The maximum absolute atomic E-state index is 5.42. The number of nitrogens with zero attached hydrogens (tertiary/aromatic N) is 2. The Balaban J connectivity index is 2.16. The average molecular weight is 259 g/mol. The highest BCUT2D eigenvalue weighted by Crippen LogP contribution is 2.21. The van der Waals surface area contributed by atoms with Gasteiger partial charge in [-0.1, -0.05) is 19.9 Å². The van der Waals surface area contributed by atoms with E-state index in [9.17, 15) is 0 Å². The summed E-state index contributed by atoms with van der Waals surface area (Å²) in [5.41, 5.74) is 2.44. The summed E-state index contributed by atoms with van der Waals surface area (Å²) in [4.78, 5) is 4.07. The van der Waals surface area contributed by atoms with E-state index in [2.05, 4.69) is 36.3 Å². The maximum atomic E-state index is 5.42. The standard InChI is InChI=1S/C15H21N3O/c1-12(2)17-9-13-4-5-15(19-3)14(8-13)10-18-7-6-16-11-18/h4-8,11-12,17H,9-10H2,1-3H3. The van der Waals surface area contributed by atoms with Crippen LogP contribution < -0.4 is 10.1 Å². The van der Waals surface area contributed by atoms with Crippen LogP contribution in [0.1, 0.15) is 25.0 Å². The monoisotopic (exact) mass is 259 g/mol. The minimum atomic E-state index is 0.485. The van der Waals surface area contributed by atoms with Crippen molar-refractivity contribution < 1.29 is 4.74 Å². The molecule has 0 spiro atoms. The van der Waals surface area contributed by atoms with Gasteiger partial charge in [0.05, 0.1) is 20.0 Å². The minimum absolute atomic E-state index is 0.485. The first-order valence-corrected chi connectivity index (χ1v) is 6.54. The largest absolute Gasteiger partial charge is 0.496 e. The van der Waals surface area contributed by atoms with Crippen molar-refractivity contribution in [3.8, 4) is 5.75 Å². The smallest absolute Gasteiger partial charge is 0.123 e. The molecule has 0 bridgehead atoms. The zero-order valence-electron chi connectivity index (χ0n) is 11.8. The second kappa shape index (κ2) is 6.38. The van der Waals surface area contributed by atoms with Gasteiger partial charge < -0.3 is 14.6 Å². The van der Waals surface area contributed by atoms with E-state index in [1.165, 1.54) is 11.1 Å². The fourth-order valence-corrected chi connectivity index (χ4v) is 1.96. The molecule has 102 valence electrons. The molecule has 4 nitrogen and oxygen atoms in total. The second-order valence-corrected chi connectivity index (χ2v) is 4.92. The number of benzene rings is 1. The van der Waals surface area contributed by atoms with Gasteiger partial charge in [0.25, 0.3) is 0 Å². The zero-order chi connectivity index (χ0) is 13.7. The van der Waals surface area contributed by atoms with Gasteiger partial charge in [-0.2, -0.15) is 0 Å². The van der Waals surface area contributed by atoms with Crippen molar-refractivity contribution in [1.82, 2.24) is 14.9 Å². The molecule has 1 aromatic heterocycles. The van der Waals surface area contributed by atoms with E-state index in [1.807, 2.05) is 23.2 Å². The summed E-state index contributed by atoms with van der Waals surface area (Å²) in [6.45, 7) is 5.95. The van der Waals surface area contributed by atoms with Crippen LogP contribution in [0.15, 0.2) is 36.9 Å². The SMILES string of the molecule is COc1ccc(CNC(C)C)cc1Cn1ccnc1. The lowest BCUT2D eigenvalue weighted by Crippen LogP contribution is -2.21. The maximum Gasteiger partial charge on any atom is 0.123 e. The van der Waals surface area contributed by atoms with Gasteiger partial charge in [-0.05, 0) is 17.7 Å². The highest BCUT2D eigenvalue weighted by molar-refractivity contribution is 5.37. The minimum Gasteiger partial charge on any atom is -0.496 e. The molecule has 4 heteroatoms. The first-order valence-electron chi connectivity index (χ1n) is 6.54. The number of hydrogen-bond acceptors (Lipinski definition) is 3. The molecule has 0 aliphatic heterocycles. The fraction of sp³-hybridized carbons (Fsp3) is 0.400. The average Bonchev–Trinajstić information content (AvgIpc) is 2.89. The number of ether oxygens (including phenoxy) is 1. The summed E-state index contributed by atoms with van der Waals surface area (Å²) in [5, 5.41) is 3.43. The van der Waals surface area contributed by atoms with Crippen LogP contribution in [0.2, 0.25) is 0 Å². The molecule has 0 unspecified atom stereocenters. The van der Waals surface area contributed by atoms with Crippen LogP contribution in [0.4, 0.5) is 0 Å². The highest BCUT2D eigenvalue weighted by atomic mass is 16.5. The Morgan fingerprint density at radius 3 is 2.84 bits per heavy atom. The van der Waals surface area contributed by atoms with Crippen molar-refractivity contribution in [3.05, 3.63) is 48.0 Å². The predicted molar refractivity (Wildman–Crippen MR) is 76.3 cm³/mol. The van der Waals surface area contributed by atoms with Crippen LogP contribution >= 0.6 is 0 Å². The molecule has 1 N–H and O–H groups in total. The second-order valence-electron chi connectivity index (χ2n) is 4.92. The number of rotatable bonds is 6. The number of hydrogen-bond donors (Lipinski definition) is 1. The third-order valence-electron chi connectivity index (χ3n) is 2.97. The Hall–Kier alpha value is -1.81. The molecule has 2 aromatic rings. The third-order valence-corrected chi connectivity index (χ3v) is 2.97. The molecule has 2 rings (SSSR count). The summed E-state index contributed by atoms with van der Waals surface area (Å²) in [5.74, 6) is 0.919. The molecule has 1 heterocycles. The molecular formula is C15H21N3O. The van der Waals surface area contributed by atoms with Gasteiger partial charge in [-0.25, -0.2) is 4.98 Å². The molecule has 0 aliphatic carbocycles. The van der Waals surface area contributed by atoms with Gasteiger partial charge in [-0.3, -0.25) is 0 Å². The lowest BCUT2D eigenvalue weighted by Gasteiger charge is -2.13. The number of methoxy groups -OCH3 is 1. The van der Waals surface area contributed by atoms with Gasteiger partial charge in [0, 0.05) is 30.5 Å². The lowest BCUT2D eigenvalue weighted by molar-refractivity contribution is 0.408. The van der Waals surface area contributed by atoms with Crippen LogP contribution in [0.3, 0.4) is 0 Å². The first kappa shape index (κ1) is 13.6. The van der Waals surface area contributed by atoms with Crippen LogP contribution in [0.25, 0.3) is 0 Å². The molecule has 0 saturated carbocycles. The normalized spacial score (nSPS) is 10.9. The predicted octanol–water partition coefficient (Wildman–Crippen LogP) is 2.44. The van der Waals surface area contributed by atoms with Gasteiger partial charge in [-0.15, -0.1) is 0 Å². The van der Waals surface area contributed by atoms with Crippen LogP contribution in [0, 0.1) is 0 Å². The summed E-state index contributed by atoms with van der Waals surface area (Å²) in [7, 11) is 1.71. The Morgan fingerprint density at radius 1 is 1.37 bits per heavy atom. The molecule has 0 atom stereocenters. The van der Waals surface area contributed by atoms with E-state index in [0.29, 0.717) is 6.04 Å². The molecule has 0 aliphatic rings. The van der Waals surface area contributed by atoms with Gasteiger partial charge >= 0.3 is 0 Å². The van der Waals surface area contributed by atoms with Crippen molar-refractivity contribution in [2.75, 3.05) is 7.11 Å². The van der Waals surface area contributed by atoms with E-state index < -0.39 is 0 Å². The molecule has 0 radical (unpaired) electrons. The van der Waals surface area contributed by atoms with E-state index >= 15 is 0 Å². The summed E-state index contributed by atoms with van der Waals surface area (Å²) >= 11 is 0. The van der Waals surface area contributed by atoms with Crippen molar-refractivity contribution in [1.29, 1.82) is 0 Å². The Kier molecular flexibility index (Phi) is 4.58. The van der Waals surface area contributed by atoms with Gasteiger partial charge in [0.1, 0.15) is 5.75 Å². The molecule has 0 amide bonds. The Morgan fingerprint density at radius 2 is 2.21 bits per heavy atom. The summed E-state index contributed by atoms with van der Waals surface area (Å²) < 4.78 is 7.46. The Bertz CT molecular complexity index is 506. The molecule has 0 saturated heterocycles. The number of nitrogens with one attached hydrogen (secondary N) is 1.